The monoisotopic (exact) mass is 646 g/mol. The van der Waals surface area contributed by atoms with E-state index in [2.05, 4.69) is 13.8 Å². The standard InChI is InChI=1S/C35H60Cl2O6/c1-3-5-7-12-18-27(36)20-14-9-11-17-26-23-30(38)29(22-16-10-15-21-28(37)19-13-8-6-4-2)32(24-26)43-35-34(41)33(40)31(39)25-42-35/h23-24,27-28,31,33-35,38-41H,3-22,25H2,1-2H3/t27?,28?,31-,33+,34-,35+/m1/s1. The minimum absolute atomic E-state index is 0.137. The van der Waals surface area contributed by atoms with Crippen LogP contribution in [0.4, 0.5) is 0 Å². The Morgan fingerprint density at radius 3 is 1.77 bits per heavy atom. The topological polar surface area (TPSA) is 99.4 Å². The maximum atomic E-state index is 11.0. The van der Waals surface area contributed by atoms with Crippen LogP contribution in [-0.2, 0) is 17.6 Å². The lowest BCUT2D eigenvalue weighted by Crippen LogP contribution is -2.54. The predicted octanol–water partition coefficient (Wildman–Crippen LogP) is 8.57. The highest BCUT2D eigenvalue weighted by Crippen LogP contribution is 2.34. The molecule has 1 heterocycles. The molecular weight excluding hydrogens is 587 g/mol. The Hall–Kier alpha value is -0.760. The maximum absolute atomic E-state index is 11.0. The van der Waals surface area contributed by atoms with E-state index in [9.17, 15) is 20.4 Å². The van der Waals surface area contributed by atoms with E-state index in [1.165, 1.54) is 51.4 Å². The van der Waals surface area contributed by atoms with Gasteiger partial charge in [0.1, 0.15) is 29.8 Å². The molecule has 1 aliphatic rings. The third-order valence-corrected chi connectivity index (χ3v) is 9.48. The molecule has 0 amide bonds. The second kappa shape index (κ2) is 22.7. The second-order valence-corrected chi connectivity index (χ2v) is 13.8. The minimum atomic E-state index is -1.40. The summed E-state index contributed by atoms with van der Waals surface area (Å²) in [7, 11) is 0. The van der Waals surface area contributed by atoms with Crippen LogP contribution in [0.2, 0.25) is 0 Å². The van der Waals surface area contributed by atoms with Gasteiger partial charge in [-0.15, -0.1) is 23.2 Å². The van der Waals surface area contributed by atoms with E-state index in [4.69, 9.17) is 32.7 Å². The van der Waals surface area contributed by atoms with E-state index in [1.54, 1.807) is 0 Å². The van der Waals surface area contributed by atoms with Crippen molar-refractivity contribution in [3.63, 3.8) is 0 Å². The van der Waals surface area contributed by atoms with Crippen molar-refractivity contribution in [1.29, 1.82) is 0 Å². The van der Waals surface area contributed by atoms with Gasteiger partial charge in [-0.1, -0.05) is 90.9 Å². The van der Waals surface area contributed by atoms with Crippen LogP contribution in [0.15, 0.2) is 12.1 Å². The summed E-state index contributed by atoms with van der Waals surface area (Å²) >= 11 is 13.1. The average molecular weight is 648 g/mol. The summed E-state index contributed by atoms with van der Waals surface area (Å²) < 4.78 is 11.6. The van der Waals surface area contributed by atoms with Crippen molar-refractivity contribution in [1.82, 2.24) is 0 Å². The average Bonchev–Trinajstić information content (AvgIpc) is 2.98. The van der Waals surface area contributed by atoms with E-state index in [0.29, 0.717) is 17.7 Å². The molecule has 6 nitrogen and oxygen atoms in total. The van der Waals surface area contributed by atoms with Gasteiger partial charge in [0, 0.05) is 16.3 Å². The van der Waals surface area contributed by atoms with E-state index >= 15 is 0 Å². The Kier molecular flexibility index (Phi) is 20.3. The molecule has 4 N–H and O–H groups in total. The molecular formula is C35H60Cl2O6. The van der Waals surface area contributed by atoms with Crippen LogP contribution >= 0.6 is 23.2 Å². The van der Waals surface area contributed by atoms with Crippen LogP contribution in [0.3, 0.4) is 0 Å². The Balaban J connectivity index is 1.91. The Morgan fingerprint density at radius 1 is 0.721 bits per heavy atom. The molecule has 1 saturated heterocycles. The van der Waals surface area contributed by atoms with Crippen molar-refractivity contribution in [2.75, 3.05) is 6.61 Å². The van der Waals surface area contributed by atoms with Crippen LogP contribution in [-0.4, -0.2) is 62.4 Å². The van der Waals surface area contributed by atoms with Gasteiger partial charge in [0.05, 0.1) is 6.61 Å². The highest BCUT2D eigenvalue weighted by atomic mass is 35.5. The van der Waals surface area contributed by atoms with Crippen LogP contribution in [0.1, 0.15) is 141 Å². The third kappa shape index (κ3) is 15.4. The molecule has 8 heteroatoms. The molecule has 2 unspecified atom stereocenters. The number of rotatable bonds is 24. The number of hydrogen-bond acceptors (Lipinski definition) is 6. The number of ether oxygens (including phenoxy) is 2. The van der Waals surface area contributed by atoms with Gasteiger partial charge in [-0.05, 0) is 69.1 Å². The van der Waals surface area contributed by atoms with E-state index in [0.717, 1.165) is 76.2 Å². The zero-order valence-corrected chi connectivity index (χ0v) is 28.3. The van der Waals surface area contributed by atoms with Crippen molar-refractivity contribution in [2.45, 2.75) is 178 Å². The molecule has 250 valence electrons. The Labute approximate surface area is 271 Å². The summed E-state index contributed by atoms with van der Waals surface area (Å²) in [5.41, 5.74) is 1.63. The largest absolute Gasteiger partial charge is 0.508 e. The zero-order valence-electron chi connectivity index (χ0n) is 26.8. The number of aryl methyl sites for hydroxylation is 1. The minimum Gasteiger partial charge on any atom is -0.508 e. The normalized spacial score (nSPS) is 22.0. The highest BCUT2D eigenvalue weighted by molar-refractivity contribution is 6.20. The van der Waals surface area contributed by atoms with Gasteiger partial charge in [0.25, 0.3) is 0 Å². The molecule has 0 bridgehead atoms. The lowest BCUT2D eigenvalue weighted by atomic mass is 9.98. The summed E-state index contributed by atoms with van der Waals surface area (Å²) in [6.45, 7) is 4.30. The molecule has 1 aromatic rings. The number of benzene rings is 1. The number of phenolic OH excluding ortho intramolecular Hbond substituents is 1. The molecule has 0 aromatic heterocycles. The first kappa shape index (κ1) is 38.4. The second-order valence-electron chi connectivity index (χ2n) is 12.6. The number of aliphatic hydroxyl groups is 3. The van der Waals surface area contributed by atoms with E-state index in [1.807, 2.05) is 12.1 Å². The fourth-order valence-corrected chi connectivity index (χ4v) is 6.40. The first-order chi connectivity index (χ1) is 20.8. The summed E-state index contributed by atoms with van der Waals surface area (Å²) in [6.07, 6.45) is 16.5. The Bertz CT molecular complexity index is 856. The van der Waals surface area contributed by atoms with Crippen molar-refractivity contribution in [3.05, 3.63) is 23.3 Å². The Morgan fingerprint density at radius 2 is 1.23 bits per heavy atom. The van der Waals surface area contributed by atoms with Crippen LogP contribution < -0.4 is 4.74 Å². The molecule has 0 saturated carbocycles. The van der Waals surface area contributed by atoms with Crippen molar-refractivity contribution < 1.29 is 29.9 Å². The molecule has 43 heavy (non-hydrogen) atoms. The molecule has 0 spiro atoms. The molecule has 1 aliphatic heterocycles. The first-order valence-electron chi connectivity index (χ1n) is 17.2. The van der Waals surface area contributed by atoms with Crippen LogP contribution in [0.25, 0.3) is 0 Å². The van der Waals surface area contributed by atoms with Gasteiger partial charge in [0.2, 0.25) is 6.29 Å². The molecule has 0 aliphatic carbocycles. The van der Waals surface area contributed by atoms with Gasteiger partial charge in [-0.25, -0.2) is 0 Å². The smallest absolute Gasteiger partial charge is 0.228 e. The molecule has 0 radical (unpaired) electrons. The van der Waals surface area contributed by atoms with Crippen LogP contribution in [0.5, 0.6) is 11.5 Å². The fraction of sp³-hybridized carbons (Fsp3) is 0.829. The predicted molar refractivity (Wildman–Crippen MR) is 178 cm³/mol. The number of halogens is 2. The summed E-state index contributed by atoms with van der Waals surface area (Å²) in [6, 6.07) is 3.74. The number of aromatic hydroxyl groups is 1. The lowest BCUT2D eigenvalue weighted by molar-refractivity contribution is -0.242. The molecule has 2 rings (SSSR count). The number of phenols is 1. The van der Waals surface area contributed by atoms with Gasteiger partial charge in [0.15, 0.2) is 0 Å². The summed E-state index contributed by atoms with van der Waals surface area (Å²) in [5.74, 6) is 0.638. The van der Waals surface area contributed by atoms with Crippen molar-refractivity contribution in [2.24, 2.45) is 0 Å². The van der Waals surface area contributed by atoms with Crippen LogP contribution in [0, 0.1) is 0 Å². The number of hydrogen-bond donors (Lipinski definition) is 4. The van der Waals surface area contributed by atoms with Gasteiger partial charge >= 0.3 is 0 Å². The lowest BCUT2D eigenvalue weighted by Gasteiger charge is -2.35. The number of alkyl halides is 2. The number of unbranched alkanes of at least 4 members (excludes halogenated alkanes) is 10. The molecule has 6 atom stereocenters. The van der Waals surface area contributed by atoms with Gasteiger partial charge in [-0.3, -0.25) is 0 Å². The molecule has 1 fully saturated rings. The van der Waals surface area contributed by atoms with Gasteiger partial charge < -0.3 is 29.9 Å². The number of aliphatic hydroxyl groups excluding tert-OH is 3. The van der Waals surface area contributed by atoms with Crippen molar-refractivity contribution >= 4 is 23.2 Å². The van der Waals surface area contributed by atoms with Crippen molar-refractivity contribution in [3.8, 4) is 11.5 Å². The molecule has 1 aromatic carbocycles. The van der Waals surface area contributed by atoms with Gasteiger partial charge in [-0.2, -0.15) is 0 Å². The first-order valence-corrected chi connectivity index (χ1v) is 18.1. The quantitative estimate of drug-likeness (QED) is 0.0663. The summed E-state index contributed by atoms with van der Waals surface area (Å²) in [4.78, 5) is 0. The highest BCUT2D eigenvalue weighted by Gasteiger charge is 2.39. The van der Waals surface area contributed by atoms with E-state index < -0.39 is 24.6 Å². The third-order valence-electron chi connectivity index (χ3n) is 8.61. The maximum Gasteiger partial charge on any atom is 0.228 e. The summed E-state index contributed by atoms with van der Waals surface area (Å²) in [5, 5.41) is 42.0. The zero-order chi connectivity index (χ0) is 31.5. The SMILES string of the molecule is CCCCCCC(Cl)CCCCCc1cc(O)c(CCCCCC(Cl)CCCCCC)c(O[C@@H]2OC[C@@H](O)[C@H](O)[C@H]2O)c1. The fourth-order valence-electron chi connectivity index (χ4n) is 5.78. The van der Waals surface area contributed by atoms with E-state index in [-0.39, 0.29) is 23.1 Å².